The van der Waals surface area contributed by atoms with Gasteiger partial charge in [-0.05, 0) is 54.7 Å². The molecule has 3 rings (SSSR count). The normalized spacial score (nSPS) is 12.3. The van der Waals surface area contributed by atoms with Crippen LogP contribution in [0.15, 0.2) is 78.9 Å². The molecule has 9 heteroatoms. The lowest BCUT2D eigenvalue weighted by Gasteiger charge is -2.34. The van der Waals surface area contributed by atoms with Crippen molar-refractivity contribution in [3.8, 4) is 0 Å². The zero-order chi connectivity index (χ0) is 29.4. The van der Waals surface area contributed by atoms with Crippen molar-refractivity contribution >= 4 is 39.1 Å². The Kier molecular flexibility index (Phi) is 10.8. The van der Waals surface area contributed by atoms with E-state index in [0.717, 1.165) is 27.3 Å². The third-order valence-electron chi connectivity index (χ3n) is 6.47. The molecule has 0 aliphatic carbocycles. The van der Waals surface area contributed by atoms with Gasteiger partial charge in [0.15, 0.2) is 0 Å². The van der Waals surface area contributed by atoms with Crippen molar-refractivity contribution in [2.45, 2.75) is 58.7 Å². The topological polar surface area (TPSA) is 86.8 Å². The molecule has 0 aliphatic heterocycles. The lowest BCUT2D eigenvalue weighted by molar-refractivity contribution is -0.140. The Hall–Kier alpha value is -3.36. The lowest BCUT2D eigenvalue weighted by Crippen LogP contribution is -2.54. The average molecular weight is 584 g/mol. The van der Waals surface area contributed by atoms with Gasteiger partial charge in [-0.3, -0.25) is 13.9 Å². The molecule has 0 saturated carbocycles. The first-order valence-electron chi connectivity index (χ1n) is 13.3. The number of carbonyl (C=O) groups is 2. The number of amides is 2. The second-order valence-electron chi connectivity index (χ2n) is 10.5. The van der Waals surface area contributed by atoms with E-state index in [2.05, 4.69) is 5.32 Å². The molecule has 0 bridgehead atoms. The van der Waals surface area contributed by atoms with E-state index in [9.17, 15) is 18.0 Å². The summed E-state index contributed by atoms with van der Waals surface area (Å²) < 4.78 is 27.3. The Morgan fingerprint density at radius 3 is 2.02 bits per heavy atom. The molecule has 0 fully saturated rings. The number of nitrogens with one attached hydrogen (secondary N) is 1. The standard InChI is InChI=1S/C31H38ClN3O4S/c1-22(2)27-13-9-10-14-28(27)35(40(5,38)39)21-30(36)34(20-25-15-17-26(32)18-16-25)29(31(37)33-23(3)4)19-24-11-7-6-8-12-24/h6-18,22-23,29H,19-21H2,1-5H3,(H,33,37)/t29-/m1/s1. The van der Waals surface area contributed by atoms with Crippen molar-refractivity contribution in [1.82, 2.24) is 10.2 Å². The predicted molar refractivity (Wildman–Crippen MR) is 162 cm³/mol. The maximum absolute atomic E-state index is 14.2. The van der Waals surface area contributed by atoms with Crippen molar-refractivity contribution in [2.24, 2.45) is 0 Å². The van der Waals surface area contributed by atoms with E-state index < -0.39 is 28.5 Å². The van der Waals surface area contributed by atoms with E-state index in [0.29, 0.717) is 10.7 Å². The number of para-hydroxylation sites is 1. The van der Waals surface area contributed by atoms with Crippen molar-refractivity contribution in [3.63, 3.8) is 0 Å². The number of halogens is 1. The van der Waals surface area contributed by atoms with E-state index in [4.69, 9.17) is 11.6 Å². The fourth-order valence-electron chi connectivity index (χ4n) is 4.52. The summed E-state index contributed by atoms with van der Waals surface area (Å²) in [7, 11) is -3.84. The van der Waals surface area contributed by atoms with E-state index >= 15 is 0 Å². The number of nitrogens with zero attached hydrogens (tertiary/aromatic N) is 2. The quantitative estimate of drug-likeness (QED) is 0.309. The molecule has 1 N–H and O–H groups in total. The number of benzene rings is 3. The summed E-state index contributed by atoms with van der Waals surface area (Å²) in [4.78, 5) is 29.2. The highest BCUT2D eigenvalue weighted by Crippen LogP contribution is 2.29. The van der Waals surface area contributed by atoms with Crippen LogP contribution in [-0.2, 0) is 32.6 Å². The van der Waals surface area contributed by atoms with Gasteiger partial charge in [-0.25, -0.2) is 8.42 Å². The van der Waals surface area contributed by atoms with E-state index in [1.54, 1.807) is 36.4 Å². The number of carbonyl (C=O) groups excluding carboxylic acids is 2. The maximum Gasteiger partial charge on any atom is 0.244 e. The molecule has 0 spiro atoms. The van der Waals surface area contributed by atoms with Crippen molar-refractivity contribution in [2.75, 3.05) is 17.1 Å². The average Bonchev–Trinajstić information content (AvgIpc) is 2.89. The van der Waals surface area contributed by atoms with Crippen LogP contribution < -0.4 is 9.62 Å². The molecular weight excluding hydrogens is 546 g/mol. The summed E-state index contributed by atoms with van der Waals surface area (Å²) in [6.45, 7) is 7.31. The Morgan fingerprint density at radius 1 is 0.850 bits per heavy atom. The van der Waals surface area contributed by atoms with Gasteiger partial charge in [0, 0.05) is 24.0 Å². The van der Waals surface area contributed by atoms with E-state index in [-0.39, 0.29) is 30.8 Å². The van der Waals surface area contributed by atoms with Gasteiger partial charge in [0.1, 0.15) is 12.6 Å². The zero-order valence-corrected chi connectivity index (χ0v) is 25.2. The van der Waals surface area contributed by atoms with Crippen molar-refractivity contribution < 1.29 is 18.0 Å². The Morgan fingerprint density at radius 2 is 1.45 bits per heavy atom. The highest BCUT2D eigenvalue weighted by Gasteiger charge is 2.33. The van der Waals surface area contributed by atoms with Crippen molar-refractivity contribution in [1.29, 1.82) is 0 Å². The minimum Gasteiger partial charge on any atom is -0.352 e. The fourth-order valence-corrected chi connectivity index (χ4v) is 5.51. The number of anilines is 1. The van der Waals surface area contributed by atoms with Gasteiger partial charge >= 0.3 is 0 Å². The maximum atomic E-state index is 14.2. The highest BCUT2D eigenvalue weighted by molar-refractivity contribution is 7.92. The number of hydrogen-bond donors (Lipinski definition) is 1. The minimum atomic E-state index is -3.84. The molecule has 0 saturated heterocycles. The molecule has 40 heavy (non-hydrogen) atoms. The van der Waals surface area contributed by atoms with Gasteiger partial charge in [-0.2, -0.15) is 0 Å². The first-order chi connectivity index (χ1) is 18.9. The Balaban J connectivity index is 2.09. The molecule has 0 aromatic heterocycles. The van der Waals surface area contributed by atoms with Crippen LogP contribution in [0.5, 0.6) is 0 Å². The third-order valence-corrected chi connectivity index (χ3v) is 7.85. The monoisotopic (exact) mass is 583 g/mol. The minimum absolute atomic E-state index is 0.0309. The summed E-state index contributed by atoms with van der Waals surface area (Å²) in [6.07, 6.45) is 1.36. The smallest absolute Gasteiger partial charge is 0.244 e. The highest BCUT2D eigenvalue weighted by atomic mass is 35.5. The third kappa shape index (κ3) is 8.57. The number of rotatable bonds is 12. The fraction of sp³-hybridized carbons (Fsp3) is 0.355. The van der Waals surface area contributed by atoms with E-state index in [1.165, 1.54) is 4.90 Å². The van der Waals surface area contributed by atoms with Crippen LogP contribution in [0.4, 0.5) is 5.69 Å². The van der Waals surface area contributed by atoms with Gasteiger partial charge in [0.05, 0.1) is 11.9 Å². The van der Waals surface area contributed by atoms with Crippen LogP contribution in [0.1, 0.15) is 50.3 Å². The molecule has 0 heterocycles. The predicted octanol–water partition coefficient (Wildman–Crippen LogP) is 5.39. The second-order valence-corrected chi connectivity index (χ2v) is 12.8. The zero-order valence-electron chi connectivity index (χ0n) is 23.7. The molecule has 214 valence electrons. The summed E-state index contributed by atoms with van der Waals surface area (Å²) in [5, 5.41) is 3.50. The van der Waals surface area contributed by atoms with E-state index in [1.807, 2.05) is 70.2 Å². The summed E-state index contributed by atoms with van der Waals surface area (Å²) in [6, 6.07) is 22.6. The van der Waals surface area contributed by atoms with Gasteiger partial charge in [0.25, 0.3) is 0 Å². The van der Waals surface area contributed by atoms with Crippen LogP contribution in [-0.4, -0.2) is 50.0 Å². The molecule has 1 atom stereocenters. The van der Waals surface area contributed by atoms with Crippen molar-refractivity contribution in [3.05, 3.63) is 101 Å². The SMILES string of the molecule is CC(C)NC(=O)[C@@H](Cc1ccccc1)N(Cc1ccc(Cl)cc1)C(=O)CN(c1ccccc1C(C)C)S(C)(=O)=O. The summed E-state index contributed by atoms with van der Waals surface area (Å²) in [5.74, 6) is -0.767. The molecule has 0 aliphatic rings. The van der Waals surface area contributed by atoms with Crippen LogP contribution in [0.2, 0.25) is 5.02 Å². The first-order valence-corrected chi connectivity index (χ1v) is 15.5. The summed E-state index contributed by atoms with van der Waals surface area (Å²) >= 11 is 6.10. The van der Waals surface area contributed by atoms with Gasteiger partial charge in [-0.15, -0.1) is 0 Å². The number of hydrogen-bond acceptors (Lipinski definition) is 4. The van der Waals surface area contributed by atoms with Crippen LogP contribution in [0.25, 0.3) is 0 Å². The molecule has 3 aromatic rings. The molecule has 7 nitrogen and oxygen atoms in total. The van der Waals surface area contributed by atoms with Gasteiger partial charge in [0.2, 0.25) is 21.8 Å². The molecule has 2 amide bonds. The second kappa shape index (κ2) is 13.8. The number of sulfonamides is 1. The van der Waals surface area contributed by atoms with Gasteiger partial charge < -0.3 is 10.2 Å². The summed E-state index contributed by atoms with van der Waals surface area (Å²) in [5.41, 5.74) is 2.90. The Labute approximate surface area is 243 Å². The first kappa shape index (κ1) is 31.2. The molecular formula is C31H38ClN3O4S. The van der Waals surface area contributed by atoms with Crippen LogP contribution in [0, 0.1) is 0 Å². The largest absolute Gasteiger partial charge is 0.352 e. The van der Waals surface area contributed by atoms with Crippen LogP contribution >= 0.6 is 11.6 Å². The molecule has 3 aromatic carbocycles. The lowest BCUT2D eigenvalue weighted by atomic mass is 10.0. The Bertz CT molecular complexity index is 1390. The van der Waals surface area contributed by atoms with Crippen LogP contribution in [0.3, 0.4) is 0 Å². The molecule has 0 radical (unpaired) electrons. The van der Waals surface area contributed by atoms with Gasteiger partial charge in [-0.1, -0.05) is 86.1 Å². The molecule has 0 unspecified atom stereocenters.